The van der Waals surface area contributed by atoms with Crippen molar-refractivity contribution >= 4 is 28.2 Å². The molecule has 3 aromatic rings. The quantitative estimate of drug-likeness (QED) is 0.327. The van der Waals surface area contributed by atoms with E-state index in [4.69, 9.17) is 4.42 Å². The molecule has 0 fully saturated rings. The zero-order chi connectivity index (χ0) is 19.8. The van der Waals surface area contributed by atoms with Gasteiger partial charge in [0.2, 0.25) is 0 Å². The number of rotatable bonds is 4. The minimum Gasteiger partial charge on any atom is -0.455 e. The lowest BCUT2D eigenvalue weighted by Crippen LogP contribution is -1.94. The highest BCUT2D eigenvalue weighted by molar-refractivity contribution is 7.16. The van der Waals surface area contributed by atoms with Crippen LogP contribution in [0.15, 0.2) is 33.7 Å². The van der Waals surface area contributed by atoms with Gasteiger partial charge in [-0.3, -0.25) is 10.1 Å². The minimum absolute atomic E-state index is 0.101. The van der Waals surface area contributed by atoms with E-state index in [1.54, 1.807) is 36.6 Å². The number of hydrogen-bond acceptors (Lipinski definition) is 6. The molecule has 0 atom stereocenters. The molecule has 1 aromatic carbocycles. The summed E-state index contributed by atoms with van der Waals surface area (Å²) < 4.78 is 5.88. The summed E-state index contributed by atoms with van der Waals surface area (Å²) in [6, 6.07) is 9.25. The molecule has 0 amide bonds. The number of nitriles is 1. The summed E-state index contributed by atoms with van der Waals surface area (Å²) >= 11 is 1.58. The Hall–Kier alpha value is -3.24. The Morgan fingerprint density at radius 2 is 2.11 bits per heavy atom. The zero-order valence-corrected chi connectivity index (χ0v) is 16.3. The maximum Gasteiger partial charge on any atom is 0.272 e. The summed E-state index contributed by atoms with van der Waals surface area (Å²) in [5.74, 6) is 1.20. The van der Waals surface area contributed by atoms with Crippen LogP contribution in [0, 0.1) is 35.3 Å². The smallest absolute Gasteiger partial charge is 0.272 e. The predicted octanol–water partition coefficient (Wildman–Crippen LogP) is 5.64. The van der Waals surface area contributed by atoms with Gasteiger partial charge in [-0.1, -0.05) is 0 Å². The molecule has 0 spiro atoms. The maximum atomic E-state index is 11.1. The molecule has 0 saturated heterocycles. The third kappa shape index (κ3) is 3.12. The molecule has 28 heavy (non-hydrogen) atoms. The summed E-state index contributed by atoms with van der Waals surface area (Å²) in [6.07, 6.45) is 4.70. The first kappa shape index (κ1) is 18.1. The van der Waals surface area contributed by atoms with Crippen LogP contribution in [0.4, 0.5) is 10.7 Å². The largest absolute Gasteiger partial charge is 0.455 e. The highest BCUT2D eigenvalue weighted by Crippen LogP contribution is 2.40. The first-order valence-corrected chi connectivity index (χ1v) is 9.74. The minimum atomic E-state index is -0.377. The number of aryl methyl sites for hydroxylation is 3. The van der Waals surface area contributed by atoms with Crippen LogP contribution in [-0.4, -0.2) is 11.1 Å². The molecule has 4 rings (SSSR count). The average molecular weight is 391 g/mol. The SMILES string of the molecule is Cc1cc([N+](=O)[O-])c(C)cc1-c1ccc(C=Nc2sc3c(c2C#N)CCC3)o1. The molecule has 0 saturated carbocycles. The molecule has 0 aliphatic heterocycles. The highest BCUT2D eigenvalue weighted by Gasteiger charge is 2.21. The molecule has 1 aliphatic rings. The summed E-state index contributed by atoms with van der Waals surface area (Å²) in [5, 5.41) is 21.3. The van der Waals surface area contributed by atoms with E-state index in [1.165, 1.54) is 4.88 Å². The second kappa shape index (κ2) is 7.06. The van der Waals surface area contributed by atoms with Crippen molar-refractivity contribution in [2.75, 3.05) is 0 Å². The van der Waals surface area contributed by atoms with Crippen molar-refractivity contribution in [1.82, 2.24) is 0 Å². The molecular weight excluding hydrogens is 374 g/mol. The third-order valence-electron chi connectivity index (χ3n) is 4.96. The molecule has 7 heteroatoms. The van der Waals surface area contributed by atoms with E-state index in [2.05, 4.69) is 11.1 Å². The lowest BCUT2D eigenvalue weighted by molar-refractivity contribution is -0.385. The second-order valence-electron chi connectivity index (χ2n) is 6.82. The fraction of sp³-hybridized carbons (Fsp3) is 0.238. The predicted molar refractivity (Wildman–Crippen MR) is 109 cm³/mol. The summed E-state index contributed by atoms with van der Waals surface area (Å²) in [6.45, 7) is 3.54. The number of benzene rings is 1. The van der Waals surface area contributed by atoms with Crippen molar-refractivity contribution in [1.29, 1.82) is 5.26 Å². The van der Waals surface area contributed by atoms with Gasteiger partial charge in [-0.25, -0.2) is 4.99 Å². The Balaban J connectivity index is 1.63. The normalized spacial score (nSPS) is 13.0. The van der Waals surface area contributed by atoms with Gasteiger partial charge in [-0.05, 0) is 62.4 Å². The van der Waals surface area contributed by atoms with Gasteiger partial charge in [0.15, 0.2) is 0 Å². The second-order valence-corrected chi connectivity index (χ2v) is 7.90. The lowest BCUT2D eigenvalue weighted by Gasteiger charge is -2.05. The van der Waals surface area contributed by atoms with E-state index in [-0.39, 0.29) is 10.6 Å². The van der Waals surface area contributed by atoms with Gasteiger partial charge in [0, 0.05) is 22.1 Å². The molecular formula is C21H17N3O3S. The Morgan fingerprint density at radius 1 is 1.29 bits per heavy atom. The standard InChI is InChI=1S/C21H17N3O3S/c1-12-9-18(24(25)26)13(2)8-16(12)19-7-6-14(27-19)11-23-21-17(10-22)15-4-3-5-20(15)28-21/h6-9,11H,3-5H2,1-2H3. The van der Waals surface area contributed by atoms with Crippen LogP contribution in [-0.2, 0) is 12.8 Å². The lowest BCUT2D eigenvalue weighted by atomic mass is 10.0. The topological polar surface area (TPSA) is 92.4 Å². The van der Waals surface area contributed by atoms with E-state index >= 15 is 0 Å². The Labute approximate surface area is 165 Å². The fourth-order valence-electron chi connectivity index (χ4n) is 3.55. The first-order valence-electron chi connectivity index (χ1n) is 8.92. The summed E-state index contributed by atoms with van der Waals surface area (Å²) in [4.78, 5) is 16.5. The van der Waals surface area contributed by atoms with Crippen LogP contribution in [0.2, 0.25) is 0 Å². The van der Waals surface area contributed by atoms with E-state index in [0.717, 1.165) is 41.0 Å². The van der Waals surface area contributed by atoms with Gasteiger partial charge >= 0.3 is 0 Å². The first-order chi connectivity index (χ1) is 13.5. The van der Waals surface area contributed by atoms with Crippen LogP contribution in [0.3, 0.4) is 0 Å². The van der Waals surface area contributed by atoms with Crippen LogP contribution in [0.25, 0.3) is 11.3 Å². The number of aliphatic imine (C=N–C) groups is 1. The van der Waals surface area contributed by atoms with Crippen LogP contribution < -0.4 is 0 Å². The van der Waals surface area contributed by atoms with Gasteiger partial charge in [0.25, 0.3) is 5.69 Å². The highest BCUT2D eigenvalue weighted by atomic mass is 32.1. The van der Waals surface area contributed by atoms with Crippen LogP contribution in [0.5, 0.6) is 0 Å². The fourth-order valence-corrected chi connectivity index (χ4v) is 4.73. The van der Waals surface area contributed by atoms with Crippen molar-refractivity contribution in [2.24, 2.45) is 4.99 Å². The molecule has 2 heterocycles. The molecule has 1 aliphatic carbocycles. The monoisotopic (exact) mass is 391 g/mol. The number of hydrogen-bond donors (Lipinski definition) is 0. The number of fused-ring (bicyclic) bond motifs is 1. The number of nitrogens with zero attached hydrogens (tertiary/aromatic N) is 3. The zero-order valence-electron chi connectivity index (χ0n) is 15.5. The Kier molecular flexibility index (Phi) is 4.57. The molecule has 0 unspecified atom stereocenters. The molecule has 0 N–H and O–H groups in total. The number of nitro groups is 1. The molecule has 6 nitrogen and oxygen atoms in total. The van der Waals surface area contributed by atoms with Crippen molar-refractivity contribution in [2.45, 2.75) is 33.1 Å². The molecule has 2 aromatic heterocycles. The number of thiophene rings is 1. The third-order valence-corrected chi connectivity index (χ3v) is 6.16. The number of furan rings is 1. The maximum absolute atomic E-state index is 11.1. The van der Waals surface area contributed by atoms with Crippen molar-refractivity contribution in [3.63, 3.8) is 0 Å². The van der Waals surface area contributed by atoms with Gasteiger partial charge in [-0.2, -0.15) is 5.26 Å². The van der Waals surface area contributed by atoms with Gasteiger partial charge in [0.05, 0.1) is 16.7 Å². The molecule has 0 radical (unpaired) electrons. The summed E-state index contributed by atoms with van der Waals surface area (Å²) in [7, 11) is 0. The number of nitro benzene ring substituents is 1. The average Bonchev–Trinajstić information content (AvgIpc) is 3.36. The van der Waals surface area contributed by atoms with Crippen molar-refractivity contribution in [3.05, 3.63) is 67.3 Å². The van der Waals surface area contributed by atoms with Crippen molar-refractivity contribution in [3.8, 4) is 17.4 Å². The molecule has 140 valence electrons. The van der Waals surface area contributed by atoms with E-state index < -0.39 is 0 Å². The Bertz CT molecular complexity index is 1160. The van der Waals surface area contributed by atoms with Crippen LogP contribution in [0.1, 0.15) is 39.3 Å². The van der Waals surface area contributed by atoms with E-state index in [9.17, 15) is 15.4 Å². The van der Waals surface area contributed by atoms with E-state index in [1.807, 2.05) is 19.1 Å². The van der Waals surface area contributed by atoms with E-state index in [0.29, 0.717) is 22.6 Å². The van der Waals surface area contributed by atoms with Gasteiger partial charge in [0.1, 0.15) is 22.6 Å². The van der Waals surface area contributed by atoms with Gasteiger partial charge in [-0.15, -0.1) is 11.3 Å². The van der Waals surface area contributed by atoms with Crippen molar-refractivity contribution < 1.29 is 9.34 Å². The summed E-state index contributed by atoms with van der Waals surface area (Å²) in [5.41, 5.74) is 4.11. The van der Waals surface area contributed by atoms with Gasteiger partial charge < -0.3 is 4.42 Å². The Morgan fingerprint density at radius 3 is 2.86 bits per heavy atom. The van der Waals surface area contributed by atoms with Crippen LogP contribution >= 0.6 is 11.3 Å². The molecule has 0 bridgehead atoms.